The average molecular weight is 261 g/mol. The molecule has 0 atom stereocenters. The zero-order chi connectivity index (χ0) is 14.5. The summed E-state index contributed by atoms with van der Waals surface area (Å²) in [5.41, 5.74) is -0.374. The highest BCUT2D eigenvalue weighted by Crippen LogP contribution is 2.18. The second kappa shape index (κ2) is 6.27. The van der Waals surface area contributed by atoms with Crippen molar-refractivity contribution < 1.29 is 14.4 Å². The number of hydrogen-bond donors (Lipinski definition) is 1. The molecule has 0 aliphatic heterocycles. The highest BCUT2D eigenvalue weighted by molar-refractivity contribution is 6.11. The number of benzene rings is 1. The zero-order valence-corrected chi connectivity index (χ0v) is 11.5. The molecule has 0 unspecified atom stereocenters. The topological polar surface area (TPSA) is 63.2 Å². The van der Waals surface area contributed by atoms with Crippen molar-refractivity contribution in [2.45, 2.75) is 39.2 Å². The minimum absolute atomic E-state index is 0.279. The first-order valence-electron chi connectivity index (χ1n) is 6.23. The molecule has 4 heteroatoms. The van der Waals surface area contributed by atoms with Crippen LogP contribution in [-0.2, 0) is 20.8 Å². The van der Waals surface area contributed by atoms with Crippen LogP contribution >= 0.6 is 0 Å². The van der Waals surface area contributed by atoms with Crippen molar-refractivity contribution in [1.82, 2.24) is 5.32 Å². The van der Waals surface area contributed by atoms with Gasteiger partial charge in [-0.15, -0.1) is 0 Å². The normalized spacial score (nSPS) is 10.9. The minimum atomic E-state index is -1.40. The lowest BCUT2D eigenvalue weighted by Gasteiger charge is -2.29. The smallest absolute Gasteiger partial charge is 0.218 e. The van der Waals surface area contributed by atoms with Gasteiger partial charge in [0.25, 0.3) is 0 Å². The van der Waals surface area contributed by atoms with Crippen LogP contribution in [0.3, 0.4) is 0 Å². The Bertz CT molecular complexity index is 465. The van der Waals surface area contributed by atoms with Crippen LogP contribution in [0.1, 0.15) is 32.8 Å². The summed E-state index contributed by atoms with van der Waals surface area (Å²) in [6.07, 6.45) is 0.835. The van der Waals surface area contributed by atoms with Gasteiger partial charge in [-0.2, -0.15) is 0 Å². The van der Waals surface area contributed by atoms with E-state index in [1.165, 1.54) is 20.8 Å². The molecule has 102 valence electrons. The maximum Gasteiger partial charge on any atom is 0.218 e. The summed E-state index contributed by atoms with van der Waals surface area (Å²) >= 11 is 0. The van der Waals surface area contributed by atoms with E-state index in [4.69, 9.17) is 0 Å². The van der Waals surface area contributed by atoms with E-state index in [9.17, 15) is 14.4 Å². The maximum absolute atomic E-state index is 11.8. The number of rotatable bonds is 6. The first-order valence-corrected chi connectivity index (χ1v) is 6.23. The molecule has 1 aromatic rings. The summed E-state index contributed by atoms with van der Waals surface area (Å²) < 4.78 is 0. The van der Waals surface area contributed by atoms with E-state index in [-0.39, 0.29) is 23.9 Å². The Hall–Kier alpha value is -1.97. The zero-order valence-electron chi connectivity index (χ0n) is 11.5. The number of Topliss-reactive ketones (excluding diaryl/α,β-unsaturated/α-hetero) is 2. The van der Waals surface area contributed by atoms with Crippen molar-refractivity contribution in [3.8, 4) is 0 Å². The summed E-state index contributed by atoms with van der Waals surface area (Å²) in [5.74, 6) is -1.03. The standard InChI is InChI=1S/C15H19NO3/c1-11(17)15(12(2)18,16-13(3)19)10-9-14-7-5-4-6-8-14/h4-8H,9-10H2,1-3H3,(H,16,19). The Balaban J connectivity index is 2.94. The third-order valence-electron chi connectivity index (χ3n) is 3.22. The molecule has 0 spiro atoms. The van der Waals surface area contributed by atoms with Gasteiger partial charge in [-0.1, -0.05) is 30.3 Å². The van der Waals surface area contributed by atoms with Crippen LogP contribution < -0.4 is 5.32 Å². The molecule has 0 radical (unpaired) electrons. The molecule has 4 nitrogen and oxygen atoms in total. The van der Waals surface area contributed by atoms with Crippen molar-refractivity contribution in [2.24, 2.45) is 0 Å². The first kappa shape index (κ1) is 15.1. The minimum Gasteiger partial charge on any atom is -0.338 e. The van der Waals surface area contributed by atoms with Crippen LogP contribution in [0.4, 0.5) is 0 Å². The van der Waals surface area contributed by atoms with Gasteiger partial charge in [-0.3, -0.25) is 14.4 Å². The monoisotopic (exact) mass is 261 g/mol. The fourth-order valence-electron chi connectivity index (χ4n) is 2.12. The number of aryl methyl sites for hydroxylation is 1. The average Bonchev–Trinajstić information content (AvgIpc) is 2.34. The molecule has 0 fully saturated rings. The Morgan fingerprint density at radius 1 is 1.00 bits per heavy atom. The third kappa shape index (κ3) is 3.74. The summed E-state index contributed by atoms with van der Waals surface area (Å²) in [4.78, 5) is 34.9. The second-order valence-electron chi connectivity index (χ2n) is 4.68. The van der Waals surface area contributed by atoms with Crippen LogP contribution in [-0.4, -0.2) is 23.0 Å². The summed E-state index contributed by atoms with van der Waals surface area (Å²) in [7, 11) is 0. The molecule has 0 aliphatic carbocycles. The van der Waals surface area contributed by atoms with Crippen LogP contribution in [0.2, 0.25) is 0 Å². The number of nitrogens with one attached hydrogen (secondary N) is 1. The number of hydrogen-bond acceptors (Lipinski definition) is 3. The van der Waals surface area contributed by atoms with Crippen molar-refractivity contribution in [1.29, 1.82) is 0 Å². The molecule has 0 aliphatic rings. The Labute approximate surface area is 113 Å². The lowest BCUT2D eigenvalue weighted by molar-refractivity contribution is -0.139. The van der Waals surface area contributed by atoms with Gasteiger partial charge in [0.2, 0.25) is 5.91 Å². The second-order valence-corrected chi connectivity index (χ2v) is 4.68. The van der Waals surface area contributed by atoms with Gasteiger partial charge in [0.1, 0.15) is 0 Å². The van der Waals surface area contributed by atoms with Gasteiger partial charge in [0, 0.05) is 6.92 Å². The molecule has 0 bridgehead atoms. The molecule has 0 saturated carbocycles. The third-order valence-corrected chi connectivity index (χ3v) is 3.22. The van der Waals surface area contributed by atoms with Gasteiger partial charge in [-0.25, -0.2) is 0 Å². The highest BCUT2D eigenvalue weighted by atomic mass is 16.2. The van der Waals surface area contributed by atoms with Crippen molar-refractivity contribution >= 4 is 17.5 Å². The molecular formula is C15H19NO3. The lowest BCUT2D eigenvalue weighted by Crippen LogP contribution is -2.58. The molecular weight excluding hydrogens is 242 g/mol. The molecule has 1 rings (SSSR count). The van der Waals surface area contributed by atoms with E-state index < -0.39 is 5.54 Å². The SMILES string of the molecule is CC(=O)NC(CCc1ccccc1)(C(C)=O)C(C)=O. The summed E-state index contributed by atoms with van der Waals surface area (Å²) in [6, 6.07) is 9.56. The fraction of sp³-hybridized carbons (Fsp3) is 0.400. The van der Waals surface area contributed by atoms with Crippen LogP contribution in [0, 0.1) is 0 Å². The van der Waals surface area contributed by atoms with E-state index in [0.717, 1.165) is 5.56 Å². The molecule has 19 heavy (non-hydrogen) atoms. The van der Waals surface area contributed by atoms with Gasteiger partial charge in [0.05, 0.1) is 0 Å². The quantitative estimate of drug-likeness (QED) is 0.792. The van der Waals surface area contributed by atoms with E-state index >= 15 is 0 Å². The lowest BCUT2D eigenvalue weighted by atomic mass is 9.84. The maximum atomic E-state index is 11.8. The largest absolute Gasteiger partial charge is 0.338 e. The predicted molar refractivity (Wildman–Crippen MR) is 72.7 cm³/mol. The fourth-order valence-corrected chi connectivity index (χ4v) is 2.12. The molecule has 1 amide bonds. The van der Waals surface area contributed by atoms with Crippen molar-refractivity contribution in [3.63, 3.8) is 0 Å². The van der Waals surface area contributed by atoms with Gasteiger partial charge in [-0.05, 0) is 32.3 Å². The van der Waals surface area contributed by atoms with Crippen LogP contribution in [0.15, 0.2) is 30.3 Å². The number of carbonyl (C=O) groups excluding carboxylic acids is 3. The molecule has 1 aromatic carbocycles. The molecule has 0 aromatic heterocycles. The Kier molecular flexibility index (Phi) is 4.98. The predicted octanol–water partition coefficient (Wildman–Crippen LogP) is 1.67. The van der Waals surface area contributed by atoms with Crippen molar-refractivity contribution in [3.05, 3.63) is 35.9 Å². The van der Waals surface area contributed by atoms with Crippen LogP contribution in [0.25, 0.3) is 0 Å². The van der Waals surface area contributed by atoms with E-state index in [0.29, 0.717) is 6.42 Å². The van der Waals surface area contributed by atoms with Gasteiger partial charge < -0.3 is 5.32 Å². The van der Waals surface area contributed by atoms with E-state index in [1.807, 2.05) is 30.3 Å². The first-order chi connectivity index (χ1) is 8.88. The summed E-state index contributed by atoms with van der Waals surface area (Å²) in [6.45, 7) is 3.98. The number of carbonyl (C=O) groups is 3. The van der Waals surface area contributed by atoms with Crippen LogP contribution in [0.5, 0.6) is 0 Å². The Morgan fingerprint density at radius 2 is 1.53 bits per heavy atom. The molecule has 0 saturated heterocycles. The number of ketones is 2. The van der Waals surface area contributed by atoms with Gasteiger partial charge in [0.15, 0.2) is 17.1 Å². The van der Waals surface area contributed by atoms with E-state index in [1.54, 1.807) is 0 Å². The summed E-state index contributed by atoms with van der Waals surface area (Å²) in [5, 5.41) is 2.52. The molecule has 1 N–H and O–H groups in total. The Morgan fingerprint density at radius 3 is 1.95 bits per heavy atom. The highest BCUT2D eigenvalue weighted by Gasteiger charge is 2.40. The van der Waals surface area contributed by atoms with Gasteiger partial charge >= 0.3 is 0 Å². The molecule has 0 heterocycles. The number of amides is 1. The van der Waals surface area contributed by atoms with E-state index in [2.05, 4.69) is 5.32 Å². The van der Waals surface area contributed by atoms with Crippen molar-refractivity contribution in [2.75, 3.05) is 0 Å².